The molecule has 0 aromatic heterocycles. The molecular formula is C12H15FN2O4. The number of carbonyl (C=O) groups excluding carboxylic acids is 1. The van der Waals surface area contributed by atoms with Gasteiger partial charge in [-0.1, -0.05) is 13.8 Å². The van der Waals surface area contributed by atoms with Crippen LogP contribution in [0.4, 0.5) is 10.1 Å². The second kappa shape index (κ2) is 6.24. The quantitative estimate of drug-likeness (QED) is 0.626. The van der Waals surface area contributed by atoms with Crippen molar-refractivity contribution in [1.29, 1.82) is 0 Å². The summed E-state index contributed by atoms with van der Waals surface area (Å²) < 4.78 is 13.4. The van der Waals surface area contributed by atoms with Gasteiger partial charge in [0.2, 0.25) is 5.82 Å². The topological polar surface area (TPSA) is 92.5 Å². The number of halogens is 1. The number of nitro benzene ring substituents is 1. The summed E-state index contributed by atoms with van der Waals surface area (Å²) in [5, 5.41) is 22.1. The summed E-state index contributed by atoms with van der Waals surface area (Å²) >= 11 is 0. The molecule has 1 unspecified atom stereocenters. The SMILES string of the molecule is CC(C)C(CO)NC(=O)c1ccc([N+](=O)[O-])c(F)c1. The molecule has 1 aromatic rings. The maximum absolute atomic E-state index is 13.4. The van der Waals surface area contributed by atoms with Crippen molar-refractivity contribution in [2.45, 2.75) is 19.9 Å². The van der Waals surface area contributed by atoms with Gasteiger partial charge in [-0.2, -0.15) is 4.39 Å². The molecule has 1 atom stereocenters. The molecule has 7 heteroatoms. The van der Waals surface area contributed by atoms with Crippen LogP contribution in [0.25, 0.3) is 0 Å². The molecule has 0 radical (unpaired) electrons. The third-order valence-corrected chi connectivity index (χ3v) is 2.72. The average Bonchev–Trinajstić information content (AvgIpc) is 2.34. The van der Waals surface area contributed by atoms with E-state index in [-0.39, 0.29) is 18.1 Å². The predicted molar refractivity (Wildman–Crippen MR) is 66.2 cm³/mol. The van der Waals surface area contributed by atoms with Crippen molar-refractivity contribution in [3.8, 4) is 0 Å². The second-order valence-corrected chi connectivity index (χ2v) is 4.43. The fourth-order valence-electron chi connectivity index (χ4n) is 1.47. The van der Waals surface area contributed by atoms with Gasteiger partial charge in [0.1, 0.15) is 0 Å². The minimum absolute atomic E-state index is 0.0110. The van der Waals surface area contributed by atoms with E-state index in [1.807, 2.05) is 13.8 Å². The van der Waals surface area contributed by atoms with Crippen LogP contribution in [0, 0.1) is 21.8 Å². The lowest BCUT2D eigenvalue weighted by Crippen LogP contribution is -2.41. The number of hydrogen-bond donors (Lipinski definition) is 2. The molecule has 1 rings (SSSR count). The van der Waals surface area contributed by atoms with Crippen LogP contribution < -0.4 is 5.32 Å². The number of nitrogens with one attached hydrogen (secondary N) is 1. The Bertz CT molecular complexity index is 491. The Kier molecular flexibility index (Phi) is 4.94. The van der Waals surface area contributed by atoms with Gasteiger partial charge in [-0.15, -0.1) is 0 Å². The maximum atomic E-state index is 13.4. The third kappa shape index (κ3) is 3.72. The van der Waals surface area contributed by atoms with E-state index in [1.54, 1.807) is 0 Å². The molecule has 6 nitrogen and oxygen atoms in total. The minimum Gasteiger partial charge on any atom is -0.394 e. The van der Waals surface area contributed by atoms with Gasteiger partial charge in [-0.25, -0.2) is 0 Å². The standard InChI is InChI=1S/C12H15FN2O4/c1-7(2)10(6-16)14-12(17)8-3-4-11(15(18)19)9(13)5-8/h3-5,7,10,16H,6H2,1-2H3,(H,14,17). The van der Waals surface area contributed by atoms with E-state index in [0.29, 0.717) is 0 Å². The highest BCUT2D eigenvalue weighted by molar-refractivity contribution is 5.94. The largest absolute Gasteiger partial charge is 0.394 e. The molecule has 0 heterocycles. The number of hydrogen-bond acceptors (Lipinski definition) is 4. The highest BCUT2D eigenvalue weighted by Crippen LogP contribution is 2.18. The molecular weight excluding hydrogens is 255 g/mol. The normalized spacial score (nSPS) is 12.3. The number of aliphatic hydroxyl groups is 1. The van der Waals surface area contributed by atoms with Gasteiger partial charge in [-0.05, 0) is 18.1 Å². The van der Waals surface area contributed by atoms with Crippen LogP contribution in [0.2, 0.25) is 0 Å². The predicted octanol–water partition coefficient (Wildman–Crippen LogP) is 1.48. The van der Waals surface area contributed by atoms with Crippen molar-refractivity contribution >= 4 is 11.6 Å². The molecule has 0 aliphatic heterocycles. The van der Waals surface area contributed by atoms with Gasteiger partial charge in [0.15, 0.2) is 0 Å². The van der Waals surface area contributed by atoms with E-state index in [0.717, 1.165) is 12.1 Å². The van der Waals surface area contributed by atoms with Crippen LogP contribution in [-0.2, 0) is 0 Å². The fraction of sp³-hybridized carbons (Fsp3) is 0.417. The Morgan fingerprint density at radius 1 is 1.53 bits per heavy atom. The Balaban J connectivity index is 2.89. The summed E-state index contributed by atoms with van der Waals surface area (Å²) in [7, 11) is 0. The Labute approximate surface area is 109 Å². The Morgan fingerprint density at radius 3 is 2.58 bits per heavy atom. The molecule has 0 fully saturated rings. The van der Waals surface area contributed by atoms with Crippen LogP contribution in [0.1, 0.15) is 24.2 Å². The van der Waals surface area contributed by atoms with E-state index < -0.39 is 28.4 Å². The lowest BCUT2D eigenvalue weighted by Gasteiger charge is -2.19. The van der Waals surface area contributed by atoms with Crippen molar-refractivity contribution in [3.05, 3.63) is 39.7 Å². The van der Waals surface area contributed by atoms with Gasteiger partial charge in [0, 0.05) is 11.6 Å². The molecule has 0 bridgehead atoms. The number of carbonyl (C=O) groups is 1. The third-order valence-electron chi connectivity index (χ3n) is 2.72. The molecule has 0 aliphatic rings. The Morgan fingerprint density at radius 2 is 2.16 bits per heavy atom. The Hall–Kier alpha value is -2.02. The van der Waals surface area contributed by atoms with E-state index >= 15 is 0 Å². The van der Waals surface area contributed by atoms with E-state index in [2.05, 4.69) is 5.32 Å². The molecule has 0 saturated heterocycles. The second-order valence-electron chi connectivity index (χ2n) is 4.43. The zero-order valence-electron chi connectivity index (χ0n) is 10.6. The first-order valence-electron chi connectivity index (χ1n) is 5.72. The monoisotopic (exact) mass is 270 g/mol. The van der Waals surface area contributed by atoms with Crippen molar-refractivity contribution in [1.82, 2.24) is 5.32 Å². The fourth-order valence-corrected chi connectivity index (χ4v) is 1.47. The van der Waals surface area contributed by atoms with Crippen LogP contribution in [0.5, 0.6) is 0 Å². The molecule has 104 valence electrons. The van der Waals surface area contributed by atoms with Crippen molar-refractivity contribution in [2.75, 3.05) is 6.61 Å². The zero-order valence-corrected chi connectivity index (χ0v) is 10.6. The number of benzene rings is 1. The highest BCUT2D eigenvalue weighted by atomic mass is 19.1. The highest BCUT2D eigenvalue weighted by Gasteiger charge is 2.19. The number of rotatable bonds is 5. The number of nitrogens with zero attached hydrogens (tertiary/aromatic N) is 1. The van der Waals surface area contributed by atoms with Crippen molar-refractivity contribution < 1.29 is 19.2 Å². The molecule has 1 amide bonds. The summed E-state index contributed by atoms with van der Waals surface area (Å²) in [4.78, 5) is 21.4. The molecule has 2 N–H and O–H groups in total. The first kappa shape index (κ1) is 15.0. The van der Waals surface area contributed by atoms with Crippen LogP contribution in [-0.4, -0.2) is 28.6 Å². The van der Waals surface area contributed by atoms with E-state index in [1.165, 1.54) is 6.07 Å². The molecule has 19 heavy (non-hydrogen) atoms. The minimum atomic E-state index is -1.07. The van der Waals surface area contributed by atoms with Crippen LogP contribution in [0.3, 0.4) is 0 Å². The van der Waals surface area contributed by atoms with Gasteiger partial charge >= 0.3 is 5.69 Å². The van der Waals surface area contributed by atoms with Gasteiger partial charge in [-0.3, -0.25) is 14.9 Å². The lowest BCUT2D eigenvalue weighted by molar-refractivity contribution is -0.387. The first-order valence-corrected chi connectivity index (χ1v) is 5.72. The van der Waals surface area contributed by atoms with Gasteiger partial charge in [0.05, 0.1) is 17.6 Å². The van der Waals surface area contributed by atoms with Crippen LogP contribution >= 0.6 is 0 Å². The summed E-state index contributed by atoms with van der Waals surface area (Å²) in [6.07, 6.45) is 0. The van der Waals surface area contributed by atoms with Gasteiger partial charge in [0.25, 0.3) is 5.91 Å². The molecule has 0 spiro atoms. The zero-order chi connectivity index (χ0) is 14.6. The average molecular weight is 270 g/mol. The number of aliphatic hydroxyl groups excluding tert-OH is 1. The molecule has 0 saturated carbocycles. The maximum Gasteiger partial charge on any atom is 0.304 e. The van der Waals surface area contributed by atoms with Crippen molar-refractivity contribution in [2.24, 2.45) is 5.92 Å². The molecule has 1 aromatic carbocycles. The summed E-state index contributed by atoms with van der Waals surface area (Å²) in [5.74, 6) is -1.64. The van der Waals surface area contributed by atoms with Gasteiger partial charge < -0.3 is 10.4 Å². The number of amides is 1. The van der Waals surface area contributed by atoms with Crippen molar-refractivity contribution in [3.63, 3.8) is 0 Å². The summed E-state index contributed by atoms with van der Waals surface area (Å²) in [6.45, 7) is 3.40. The smallest absolute Gasteiger partial charge is 0.304 e. The lowest BCUT2D eigenvalue weighted by atomic mass is 10.0. The molecule has 0 aliphatic carbocycles. The summed E-state index contributed by atoms with van der Waals surface area (Å²) in [5.41, 5.74) is -0.707. The van der Waals surface area contributed by atoms with E-state index in [9.17, 15) is 19.3 Å². The summed E-state index contributed by atoms with van der Waals surface area (Å²) in [6, 6.07) is 2.46. The first-order chi connectivity index (χ1) is 8.86. The van der Waals surface area contributed by atoms with Crippen LogP contribution in [0.15, 0.2) is 18.2 Å². The number of nitro groups is 1. The van der Waals surface area contributed by atoms with E-state index in [4.69, 9.17) is 5.11 Å².